The number of unbranched alkanes of at least 4 members (excludes halogenated alkanes) is 1. The van der Waals surface area contributed by atoms with E-state index in [0.717, 1.165) is 12.8 Å². The number of carbonyl (C=O) groups excluding carboxylic acids is 1. The van der Waals surface area contributed by atoms with Crippen molar-refractivity contribution in [1.82, 2.24) is 10.4 Å². The summed E-state index contributed by atoms with van der Waals surface area (Å²) < 4.78 is 0. The molecule has 0 aromatic carbocycles. The van der Waals surface area contributed by atoms with E-state index in [2.05, 4.69) is 19.8 Å². The van der Waals surface area contributed by atoms with Gasteiger partial charge in [-0.15, -0.1) is 0 Å². The van der Waals surface area contributed by atoms with Gasteiger partial charge in [-0.3, -0.25) is 14.7 Å². The zero-order chi connectivity index (χ0) is 11.7. The van der Waals surface area contributed by atoms with E-state index >= 15 is 0 Å². The number of rotatable bonds is 8. The van der Waals surface area contributed by atoms with Crippen molar-refractivity contribution in [2.75, 3.05) is 6.54 Å². The fourth-order valence-corrected chi connectivity index (χ4v) is 1.41. The minimum Gasteiger partial charge on any atom is -0.480 e. The largest absolute Gasteiger partial charge is 0.480 e. The van der Waals surface area contributed by atoms with E-state index < -0.39 is 12.0 Å². The van der Waals surface area contributed by atoms with E-state index in [0.29, 0.717) is 19.4 Å². The van der Waals surface area contributed by atoms with E-state index in [1.54, 1.807) is 6.92 Å². The van der Waals surface area contributed by atoms with Gasteiger partial charge in [-0.25, -0.2) is 0 Å². The molecule has 0 aliphatic heterocycles. The third kappa shape index (κ3) is 7.28. The molecular weight excluding hydrogens is 215 g/mol. The fourth-order valence-electron chi connectivity index (χ4n) is 1.10. The third-order valence-corrected chi connectivity index (χ3v) is 2.46. The van der Waals surface area contributed by atoms with Crippen molar-refractivity contribution < 1.29 is 14.7 Å². The number of hydrogen-bond acceptors (Lipinski definition) is 3. The molecule has 0 bridgehead atoms. The molecule has 0 heterocycles. The Morgan fingerprint density at radius 1 is 1.40 bits per heavy atom. The van der Waals surface area contributed by atoms with Crippen LogP contribution in [0.1, 0.15) is 32.6 Å². The molecule has 6 heteroatoms. The first kappa shape index (κ1) is 14.3. The Balaban J connectivity index is 3.45. The first-order valence-electron chi connectivity index (χ1n) is 5.07. The van der Waals surface area contributed by atoms with Gasteiger partial charge in [0.25, 0.3) is 0 Å². The Bertz CT molecular complexity index is 212. The highest BCUT2D eigenvalue weighted by Gasteiger charge is 2.13. The summed E-state index contributed by atoms with van der Waals surface area (Å²) >= 11 is 0. The molecule has 0 radical (unpaired) electrons. The van der Waals surface area contributed by atoms with Crippen LogP contribution in [0.4, 0.5) is 0 Å². The predicted octanol–water partition coefficient (Wildman–Crippen LogP) is 0.516. The van der Waals surface area contributed by atoms with Crippen molar-refractivity contribution in [3.05, 3.63) is 0 Å². The van der Waals surface area contributed by atoms with Crippen molar-refractivity contribution in [3.8, 4) is 0 Å². The van der Waals surface area contributed by atoms with Crippen molar-refractivity contribution in [2.45, 2.75) is 38.6 Å². The molecule has 5 nitrogen and oxygen atoms in total. The molecule has 1 unspecified atom stereocenters. The fraction of sp³-hybridized carbons (Fsp3) is 0.778. The molecule has 88 valence electrons. The van der Waals surface area contributed by atoms with Crippen LogP contribution in [0.2, 0.25) is 0 Å². The molecule has 0 aromatic heterocycles. The third-order valence-electron chi connectivity index (χ3n) is 2.06. The molecule has 1 amide bonds. The predicted molar refractivity (Wildman–Crippen MR) is 61.4 cm³/mol. The van der Waals surface area contributed by atoms with Crippen LogP contribution in [0.3, 0.4) is 0 Å². The second kappa shape index (κ2) is 8.62. The summed E-state index contributed by atoms with van der Waals surface area (Å²) in [6.45, 7) is 2.42. The van der Waals surface area contributed by atoms with Crippen LogP contribution in [0, 0.1) is 0 Å². The average molecular weight is 234 g/mol. The van der Waals surface area contributed by atoms with Crippen molar-refractivity contribution >= 4 is 21.3 Å². The topological polar surface area (TPSA) is 78.4 Å². The normalized spacial score (nSPS) is 12.1. The lowest BCUT2D eigenvalue weighted by molar-refractivity contribution is -0.139. The summed E-state index contributed by atoms with van der Waals surface area (Å²) in [4.78, 5) is 21.5. The quantitative estimate of drug-likeness (QED) is 0.422. The van der Waals surface area contributed by atoms with Crippen LogP contribution >= 0.6 is 9.39 Å². The van der Waals surface area contributed by atoms with Gasteiger partial charge in [0, 0.05) is 13.0 Å². The van der Waals surface area contributed by atoms with E-state index in [1.165, 1.54) is 0 Å². The Hall–Kier alpha value is -0.670. The van der Waals surface area contributed by atoms with Crippen molar-refractivity contribution in [2.24, 2.45) is 0 Å². The van der Waals surface area contributed by atoms with Crippen LogP contribution in [0.5, 0.6) is 0 Å². The Morgan fingerprint density at radius 2 is 2.07 bits per heavy atom. The Labute approximate surface area is 92.3 Å². The average Bonchev–Trinajstić information content (AvgIpc) is 2.22. The molecule has 15 heavy (non-hydrogen) atoms. The number of carbonyl (C=O) groups is 2. The van der Waals surface area contributed by atoms with E-state index in [-0.39, 0.29) is 5.91 Å². The molecule has 0 fully saturated rings. The van der Waals surface area contributed by atoms with Gasteiger partial charge in [0.05, 0.1) is 0 Å². The van der Waals surface area contributed by atoms with Gasteiger partial charge in [-0.2, -0.15) is 0 Å². The zero-order valence-corrected chi connectivity index (χ0v) is 10.1. The van der Waals surface area contributed by atoms with Crippen molar-refractivity contribution in [3.63, 3.8) is 0 Å². The second-order valence-corrected chi connectivity index (χ2v) is 3.59. The second-order valence-electron chi connectivity index (χ2n) is 3.26. The molecular formula is C9H19N2O3P. The van der Waals surface area contributed by atoms with E-state index in [1.807, 2.05) is 0 Å². The minimum atomic E-state index is -0.845. The SMILES string of the molecule is CCC(=O)NCCCC[C@H](NP)C(=O)O. The number of nitrogens with one attached hydrogen (secondary N) is 2. The van der Waals surface area contributed by atoms with Crippen LogP contribution < -0.4 is 10.4 Å². The van der Waals surface area contributed by atoms with Crippen LogP contribution in [0.25, 0.3) is 0 Å². The highest BCUT2D eigenvalue weighted by atomic mass is 31.0. The molecule has 2 atom stereocenters. The molecule has 0 rings (SSSR count). The zero-order valence-electron chi connectivity index (χ0n) is 8.95. The molecule has 0 spiro atoms. The maximum Gasteiger partial charge on any atom is 0.320 e. The highest BCUT2D eigenvalue weighted by molar-refractivity contribution is 7.13. The van der Waals surface area contributed by atoms with Gasteiger partial charge in [0.1, 0.15) is 6.04 Å². The van der Waals surface area contributed by atoms with Gasteiger partial charge in [-0.05, 0) is 19.3 Å². The maximum atomic E-state index is 10.9. The molecule has 0 aliphatic carbocycles. The molecule has 0 aromatic rings. The standard InChI is InChI=1S/C9H19N2O3P/c1-2-8(12)10-6-4-3-5-7(11-15)9(13)14/h7,11H,2-6,15H2,1H3,(H,10,12)(H,13,14)/t7-/m0/s1. The van der Waals surface area contributed by atoms with Gasteiger partial charge in [-0.1, -0.05) is 16.3 Å². The Kier molecular flexibility index (Phi) is 8.24. The summed E-state index contributed by atoms with van der Waals surface area (Å²) in [6.07, 6.45) is 2.65. The van der Waals surface area contributed by atoms with Gasteiger partial charge in [0.15, 0.2) is 0 Å². The first-order chi connectivity index (χ1) is 7.11. The highest BCUT2D eigenvalue weighted by Crippen LogP contribution is 2.02. The summed E-state index contributed by atoms with van der Waals surface area (Å²) in [7, 11) is 2.21. The minimum absolute atomic E-state index is 0.0361. The monoisotopic (exact) mass is 234 g/mol. The van der Waals surface area contributed by atoms with Crippen LogP contribution in [-0.4, -0.2) is 29.6 Å². The van der Waals surface area contributed by atoms with Gasteiger partial charge >= 0.3 is 5.97 Å². The molecule has 3 N–H and O–H groups in total. The number of carboxylic acid groups (broad SMARTS) is 1. The lowest BCUT2D eigenvalue weighted by atomic mass is 10.1. The van der Waals surface area contributed by atoms with E-state index in [4.69, 9.17) is 5.11 Å². The number of hydrogen-bond donors (Lipinski definition) is 3. The molecule has 0 aliphatic rings. The van der Waals surface area contributed by atoms with Crippen LogP contribution in [-0.2, 0) is 9.59 Å². The number of amides is 1. The summed E-state index contributed by atoms with van der Waals surface area (Å²) in [5, 5.41) is 14.1. The number of aliphatic carboxylic acids is 1. The van der Waals surface area contributed by atoms with Gasteiger partial charge < -0.3 is 10.4 Å². The molecule has 0 saturated heterocycles. The molecule has 0 saturated carbocycles. The summed E-state index contributed by atoms with van der Waals surface area (Å²) in [6, 6.07) is -0.517. The summed E-state index contributed by atoms with van der Waals surface area (Å²) in [5.41, 5.74) is 0. The first-order valence-corrected chi connectivity index (χ1v) is 5.65. The summed E-state index contributed by atoms with van der Waals surface area (Å²) in [5.74, 6) is -0.809. The number of carboxylic acids is 1. The smallest absolute Gasteiger partial charge is 0.320 e. The van der Waals surface area contributed by atoms with Crippen LogP contribution in [0.15, 0.2) is 0 Å². The van der Waals surface area contributed by atoms with E-state index in [9.17, 15) is 9.59 Å². The van der Waals surface area contributed by atoms with Gasteiger partial charge in [0.2, 0.25) is 5.91 Å². The van der Waals surface area contributed by atoms with Crippen molar-refractivity contribution in [1.29, 1.82) is 0 Å². The Morgan fingerprint density at radius 3 is 2.53 bits per heavy atom. The lowest BCUT2D eigenvalue weighted by Gasteiger charge is -2.10. The lowest BCUT2D eigenvalue weighted by Crippen LogP contribution is -2.30. The maximum absolute atomic E-state index is 10.9.